The van der Waals surface area contributed by atoms with Crippen molar-refractivity contribution in [3.8, 4) is 5.75 Å². The molecule has 1 amide bonds. The van der Waals surface area contributed by atoms with E-state index >= 15 is 0 Å². The molecule has 0 saturated carbocycles. The molecule has 2 N–H and O–H groups in total. The van der Waals surface area contributed by atoms with Crippen LogP contribution in [-0.2, 0) is 0 Å². The predicted molar refractivity (Wildman–Crippen MR) is 78.4 cm³/mol. The van der Waals surface area contributed by atoms with Crippen LogP contribution in [0.15, 0.2) is 18.2 Å². The number of nitrogens with two attached hydrogens (primary N) is 1. The van der Waals surface area contributed by atoms with Crippen LogP contribution in [0.4, 0.5) is 5.69 Å². The van der Waals surface area contributed by atoms with Crippen molar-refractivity contribution in [2.24, 2.45) is 5.92 Å². The summed E-state index contributed by atoms with van der Waals surface area (Å²) >= 11 is 0. The molecule has 0 heterocycles. The van der Waals surface area contributed by atoms with Crippen molar-refractivity contribution >= 4 is 11.6 Å². The van der Waals surface area contributed by atoms with Crippen molar-refractivity contribution in [1.29, 1.82) is 0 Å². The second kappa shape index (κ2) is 6.45. The maximum atomic E-state index is 12.3. The van der Waals surface area contributed by atoms with Crippen molar-refractivity contribution in [1.82, 2.24) is 4.90 Å². The first-order valence-corrected chi connectivity index (χ1v) is 6.57. The van der Waals surface area contributed by atoms with Crippen molar-refractivity contribution in [3.05, 3.63) is 23.8 Å². The molecule has 0 aliphatic heterocycles. The summed E-state index contributed by atoms with van der Waals surface area (Å²) in [7, 11) is 3.39. The molecular formula is C15H24N2O2. The standard InChI is InChI=1S/C15H24N2O2/c1-10(2)8-11(3)17(4)15(18)12-6-7-14(19-5)13(16)9-12/h6-7,9-11H,8,16H2,1-5H3. The molecule has 1 aromatic carbocycles. The van der Waals surface area contributed by atoms with E-state index in [1.54, 1.807) is 30.2 Å². The van der Waals surface area contributed by atoms with E-state index in [1.165, 1.54) is 0 Å². The van der Waals surface area contributed by atoms with Gasteiger partial charge in [-0.15, -0.1) is 0 Å². The summed E-state index contributed by atoms with van der Waals surface area (Å²) < 4.78 is 5.09. The zero-order valence-corrected chi connectivity index (χ0v) is 12.4. The minimum absolute atomic E-state index is 0.0116. The molecule has 0 aliphatic rings. The minimum atomic E-state index is -0.0116. The van der Waals surface area contributed by atoms with E-state index in [0.29, 0.717) is 22.9 Å². The average molecular weight is 264 g/mol. The molecule has 4 heteroatoms. The van der Waals surface area contributed by atoms with Crippen LogP contribution < -0.4 is 10.5 Å². The third-order valence-electron chi connectivity index (χ3n) is 3.27. The van der Waals surface area contributed by atoms with E-state index in [9.17, 15) is 4.79 Å². The number of nitrogen functional groups attached to an aromatic ring is 1. The number of hydrogen-bond donors (Lipinski definition) is 1. The number of methoxy groups -OCH3 is 1. The second-order valence-electron chi connectivity index (χ2n) is 5.35. The molecule has 0 saturated heterocycles. The highest BCUT2D eigenvalue weighted by Gasteiger charge is 2.19. The molecule has 1 rings (SSSR count). The lowest BCUT2D eigenvalue weighted by atomic mass is 10.0. The van der Waals surface area contributed by atoms with Crippen LogP contribution in [0, 0.1) is 5.92 Å². The Hall–Kier alpha value is -1.71. The lowest BCUT2D eigenvalue weighted by molar-refractivity contribution is 0.0728. The van der Waals surface area contributed by atoms with Crippen LogP contribution in [0.3, 0.4) is 0 Å². The van der Waals surface area contributed by atoms with E-state index in [4.69, 9.17) is 10.5 Å². The van der Waals surface area contributed by atoms with Gasteiger partial charge in [-0.3, -0.25) is 4.79 Å². The van der Waals surface area contributed by atoms with E-state index in [1.807, 2.05) is 7.05 Å². The van der Waals surface area contributed by atoms with Gasteiger partial charge in [0, 0.05) is 18.7 Å². The van der Waals surface area contributed by atoms with Crippen LogP contribution in [0.25, 0.3) is 0 Å². The normalized spacial score (nSPS) is 12.3. The number of nitrogens with zero attached hydrogens (tertiary/aromatic N) is 1. The number of benzene rings is 1. The summed E-state index contributed by atoms with van der Waals surface area (Å²) in [5.41, 5.74) is 6.91. The fourth-order valence-electron chi connectivity index (χ4n) is 2.11. The van der Waals surface area contributed by atoms with Gasteiger partial charge in [0.05, 0.1) is 12.8 Å². The summed E-state index contributed by atoms with van der Waals surface area (Å²) in [6.07, 6.45) is 0.980. The molecule has 4 nitrogen and oxygen atoms in total. The molecule has 0 aromatic heterocycles. The summed E-state index contributed by atoms with van der Waals surface area (Å²) in [5, 5.41) is 0. The SMILES string of the molecule is COc1ccc(C(=O)N(C)C(C)CC(C)C)cc1N. The molecule has 0 spiro atoms. The van der Waals surface area contributed by atoms with Crippen LogP contribution in [0.1, 0.15) is 37.6 Å². The number of rotatable bonds is 5. The van der Waals surface area contributed by atoms with E-state index in [0.717, 1.165) is 6.42 Å². The Morgan fingerprint density at radius 2 is 2.00 bits per heavy atom. The summed E-state index contributed by atoms with van der Waals surface area (Å²) in [6.45, 7) is 6.37. The first-order chi connectivity index (χ1) is 8.86. The number of ether oxygens (including phenoxy) is 1. The fraction of sp³-hybridized carbons (Fsp3) is 0.533. The van der Waals surface area contributed by atoms with Gasteiger partial charge < -0.3 is 15.4 Å². The zero-order chi connectivity index (χ0) is 14.6. The summed E-state index contributed by atoms with van der Waals surface area (Å²) in [4.78, 5) is 14.1. The molecule has 0 bridgehead atoms. The van der Waals surface area contributed by atoms with Gasteiger partial charge in [-0.1, -0.05) is 13.8 Å². The zero-order valence-electron chi connectivity index (χ0n) is 12.4. The molecule has 1 aromatic rings. The molecule has 0 radical (unpaired) electrons. The molecule has 0 aliphatic carbocycles. The number of carbonyl (C=O) groups excluding carboxylic acids is 1. The quantitative estimate of drug-likeness (QED) is 0.832. The van der Waals surface area contributed by atoms with Gasteiger partial charge in [-0.25, -0.2) is 0 Å². The average Bonchev–Trinajstić information content (AvgIpc) is 2.36. The minimum Gasteiger partial charge on any atom is -0.495 e. The largest absolute Gasteiger partial charge is 0.495 e. The highest BCUT2D eigenvalue weighted by Crippen LogP contribution is 2.23. The van der Waals surface area contributed by atoms with E-state index in [-0.39, 0.29) is 11.9 Å². The Balaban J connectivity index is 2.85. The molecule has 0 fully saturated rings. The second-order valence-corrected chi connectivity index (χ2v) is 5.35. The van der Waals surface area contributed by atoms with Crippen LogP contribution in [-0.4, -0.2) is 31.0 Å². The molecule has 19 heavy (non-hydrogen) atoms. The van der Waals surface area contributed by atoms with Gasteiger partial charge in [0.1, 0.15) is 5.75 Å². The van der Waals surface area contributed by atoms with Crippen molar-refractivity contribution in [3.63, 3.8) is 0 Å². The monoisotopic (exact) mass is 264 g/mol. The van der Waals surface area contributed by atoms with Crippen molar-refractivity contribution in [2.75, 3.05) is 19.9 Å². The van der Waals surface area contributed by atoms with Crippen LogP contribution in [0.5, 0.6) is 5.75 Å². The lowest BCUT2D eigenvalue weighted by Crippen LogP contribution is -2.35. The molecule has 106 valence electrons. The first kappa shape index (κ1) is 15.3. The van der Waals surface area contributed by atoms with Gasteiger partial charge in [-0.05, 0) is 37.5 Å². The fourth-order valence-corrected chi connectivity index (χ4v) is 2.11. The van der Waals surface area contributed by atoms with Crippen LogP contribution >= 0.6 is 0 Å². The van der Waals surface area contributed by atoms with Gasteiger partial charge >= 0.3 is 0 Å². The number of anilines is 1. The smallest absolute Gasteiger partial charge is 0.253 e. The number of hydrogen-bond acceptors (Lipinski definition) is 3. The predicted octanol–water partition coefficient (Wildman–Crippen LogP) is 2.78. The Morgan fingerprint density at radius 1 is 1.37 bits per heavy atom. The van der Waals surface area contributed by atoms with E-state index in [2.05, 4.69) is 20.8 Å². The maximum Gasteiger partial charge on any atom is 0.253 e. The number of carbonyl (C=O) groups is 1. The molecule has 1 atom stereocenters. The topological polar surface area (TPSA) is 55.6 Å². The summed E-state index contributed by atoms with van der Waals surface area (Å²) in [5.74, 6) is 1.14. The third kappa shape index (κ3) is 3.88. The maximum absolute atomic E-state index is 12.3. The molecule has 1 unspecified atom stereocenters. The Labute approximate surface area is 115 Å². The lowest BCUT2D eigenvalue weighted by Gasteiger charge is -2.26. The highest BCUT2D eigenvalue weighted by molar-refractivity contribution is 5.95. The Morgan fingerprint density at radius 3 is 2.47 bits per heavy atom. The van der Waals surface area contributed by atoms with Gasteiger partial charge in [0.2, 0.25) is 0 Å². The Kier molecular flexibility index (Phi) is 5.21. The van der Waals surface area contributed by atoms with E-state index < -0.39 is 0 Å². The highest BCUT2D eigenvalue weighted by atomic mass is 16.5. The number of amides is 1. The van der Waals surface area contributed by atoms with Gasteiger partial charge in [0.15, 0.2) is 0 Å². The van der Waals surface area contributed by atoms with Crippen molar-refractivity contribution in [2.45, 2.75) is 33.2 Å². The first-order valence-electron chi connectivity index (χ1n) is 6.57. The van der Waals surface area contributed by atoms with Gasteiger partial charge in [-0.2, -0.15) is 0 Å². The van der Waals surface area contributed by atoms with Gasteiger partial charge in [0.25, 0.3) is 5.91 Å². The Bertz CT molecular complexity index is 444. The molecular weight excluding hydrogens is 240 g/mol. The van der Waals surface area contributed by atoms with Crippen LogP contribution in [0.2, 0.25) is 0 Å². The third-order valence-corrected chi connectivity index (χ3v) is 3.27. The van der Waals surface area contributed by atoms with Crippen molar-refractivity contribution < 1.29 is 9.53 Å². The summed E-state index contributed by atoms with van der Waals surface area (Å²) in [6, 6.07) is 5.34.